The van der Waals surface area contributed by atoms with Gasteiger partial charge in [-0.1, -0.05) is 12.7 Å². The van der Waals surface area contributed by atoms with Gasteiger partial charge in [0.25, 0.3) is 0 Å². The number of hydrogen-bond donors (Lipinski definition) is 2. The molecule has 104 valence electrons. The maximum atomic E-state index is 10.4. The maximum Gasteiger partial charge on any atom is 0.334 e. The number of likely N-dealkylation sites (N-methyl/N-ethyl adjacent to an activating group) is 1. The van der Waals surface area contributed by atoms with E-state index < -0.39 is 12.1 Å². The van der Waals surface area contributed by atoms with Crippen molar-refractivity contribution in [3.05, 3.63) is 12.7 Å². The summed E-state index contributed by atoms with van der Waals surface area (Å²) in [5.74, 6) is -0.616. The first kappa shape index (κ1) is 21.6. The highest BCUT2D eigenvalue weighted by Crippen LogP contribution is 1.85. The van der Waals surface area contributed by atoms with E-state index in [-0.39, 0.29) is 25.6 Å². The van der Waals surface area contributed by atoms with Gasteiger partial charge in [-0.05, 0) is 6.92 Å². The number of esters is 1. The van der Waals surface area contributed by atoms with Crippen LogP contribution in [0.2, 0.25) is 0 Å². The largest absolute Gasteiger partial charge is 1.00 e. The molecule has 0 spiro atoms. The summed E-state index contributed by atoms with van der Waals surface area (Å²) >= 11 is 0. The first-order valence-corrected chi connectivity index (χ1v) is 5.11. The molecule has 0 aromatic heterocycles. The predicted molar refractivity (Wildman–Crippen MR) is 62.8 cm³/mol. The summed E-state index contributed by atoms with van der Waals surface area (Å²) in [7, 11) is 6.16. The number of rotatable bonds is 5. The Morgan fingerprint density at radius 3 is 2.12 bits per heavy atom. The minimum atomic E-state index is -1.04. The molecule has 6 heteroatoms. The molecule has 2 N–H and O–H groups in total. The molecule has 5 nitrogen and oxygen atoms in total. The molecule has 17 heavy (non-hydrogen) atoms. The number of ether oxygens (including phenoxy) is 1. The van der Waals surface area contributed by atoms with Crippen molar-refractivity contribution in [2.24, 2.45) is 0 Å². The van der Waals surface area contributed by atoms with Crippen molar-refractivity contribution >= 4 is 5.97 Å². The highest BCUT2D eigenvalue weighted by atomic mass is 35.5. The lowest BCUT2D eigenvalue weighted by Gasteiger charge is -2.21. The van der Waals surface area contributed by atoms with Crippen LogP contribution in [0.4, 0.5) is 0 Å². The molecule has 0 aliphatic carbocycles. The van der Waals surface area contributed by atoms with Crippen molar-refractivity contribution in [3.8, 4) is 0 Å². The fraction of sp³-hybridized carbons (Fsp3) is 0.727. The minimum Gasteiger partial charge on any atom is -1.00 e. The summed E-state index contributed by atoms with van der Waals surface area (Å²) in [4.78, 5) is 10.4. The quantitative estimate of drug-likeness (QED) is 0.313. The van der Waals surface area contributed by atoms with E-state index in [2.05, 4.69) is 32.5 Å². The Morgan fingerprint density at radius 1 is 1.47 bits per heavy atom. The third kappa shape index (κ3) is 21.3. The molecular weight excluding hydrogens is 246 g/mol. The molecule has 1 unspecified atom stereocenters. The van der Waals surface area contributed by atoms with Gasteiger partial charge in [0.1, 0.15) is 19.3 Å². The van der Waals surface area contributed by atoms with Gasteiger partial charge in [0, 0.05) is 0 Å². The van der Waals surface area contributed by atoms with Gasteiger partial charge in [-0.2, -0.15) is 0 Å². The zero-order valence-electron chi connectivity index (χ0n) is 11.0. The molecule has 0 aromatic rings. The Balaban J connectivity index is -0.000000224. The molecule has 0 aromatic carbocycles. The normalized spacial score (nSPS) is 11.4. The average molecular weight is 270 g/mol. The van der Waals surface area contributed by atoms with E-state index in [1.165, 1.54) is 13.0 Å². The highest BCUT2D eigenvalue weighted by Gasteiger charge is 2.07. The summed E-state index contributed by atoms with van der Waals surface area (Å²) in [6.07, 6.45) is 0.408. The molecule has 0 amide bonds. The van der Waals surface area contributed by atoms with E-state index in [1.54, 1.807) is 0 Å². The van der Waals surface area contributed by atoms with Gasteiger partial charge >= 0.3 is 5.97 Å². The van der Waals surface area contributed by atoms with Crippen LogP contribution < -0.4 is 12.4 Å². The van der Waals surface area contributed by atoms with Crippen LogP contribution in [0.25, 0.3) is 0 Å². The molecule has 0 heterocycles. The summed E-state index contributed by atoms with van der Waals surface area (Å²) < 4.78 is 5.29. The van der Waals surface area contributed by atoms with Crippen LogP contribution in [0.5, 0.6) is 0 Å². The van der Waals surface area contributed by atoms with Gasteiger partial charge in [0.2, 0.25) is 0 Å². The molecule has 0 radical (unpaired) electrons. The molecular formula is C11H24ClNO4. The summed E-state index contributed by atoms with van der Waals surface area (Å²) in [5.41, 5.74) is 0. The average Bonchev–Trinajstić information content (AvgIpc) is 2.13. The number of quaternary nitrogens is 1. The number of carbonyl (C=O) groups is 1. The fourth-order valence-corrected chi connectivity index (χ4v) is 0.562. The third-order valence-electron chi connectivity index (χ3n) is 1.46. The monoisotopic (exact) mass is 269 g/mol. The lowest BCUT2D eigenvalue weighted by atomic mass is 10.4. The van der Waals surface area contributed by atoms with E-state index in [4.69, 9.17) is 10.2 Å². The Labute approximate surface area is 110 Å². The molecule has 0 rings (SSSR count). The number of nitrogens with zero attached hydrogens (tertiary/aromatic N) is 1. The van der Waals surface area contributed by atoms with Crippen LogP contribution in [0.1, 0.15) is 6.92 Å². The second-order valence-electron chi connectivity index (χ2n) is 4.33. The molecule has 0 saturated heterocycles. The zero-order chi connectivity index (χ0) is 13.2. The standard InChI is InChI=1S/C6H10O3.C5H14NO.ClH/c1-3-4-9-6(8)5(2)7;1-6(2,3)4-5-7;/h3,5,7H,1,4H2,2H3;7H,4-5H2,1-3H3;1H/q;+1;/p-1. The zero-order valence-corrected chi connectivity index (χ0v) is 11.8. The molecule has 0 bridgehead atoms. The Bertz CT molecular complexity index is 202. The van der Waals surface area contributed by atoms with Gasteiger partial charge in [0.05, 0.1) is 27.7 Å². The summed E-state index contributed by atoms with van der Waals surface area (Å²) in [5, 5.41) is 16.9. The van der Waals surface area contributed by atoms with Crippen molar-refractivity contribution in [3.63, 3.8) is 0 Å². The molecule has 0 fully saturated rings. The predicted octanol–water partition coefficient (Wildman–Crippen LogP) is -3.21. The van der Waals surface area contributed by atoms with Gasteiger partial charge in [-0.15, -0.1) is 0 Å². The first-order valence-electron chi connectivity index (χ1n) is 5.11. The number of aliphatic hydroxyl groups is 2. The van der Waals surface area contributed by atoms with Crippen molar-refractivity contribution in [2.45, 2.75) is 13.0 Å². The van der Waals surface area contributed by atoms with Crippen molar-refractivity contribution in [2.75, 3.05) is 40.9 Å². The number of carbonyl (C=O) groups excluding carboxylic acids is 1. The molecule has 1 atom stereocenters. The van der Waals surface area contributed by atoms with E-state index in [1.807, 2.05) is 0 Å². The number of aliphatic hydroxyl groups excluding tert-OH is 2. The van der Waals surface area contributed by atoms with E-state index >= 15 is 0 Å². The maximum absolute atomic E-state index is 10.4. The van der Waals surface area contributed by atoms with Gasteiger partial charge in [-0.25, -0.2) is 4.79 Å². The van der Waals surface area contributed by atoms with Crippen molar-refractivity contribution in [1.29, 1.82) is 0 Å². The Kier molecular flexibility index (Phi) is 15.1. The van der Waals surface area contributed by atoms with Crippen LogP contribution in [0.15, 0.2) is 12.7 Å². The molecule has 0 aliphatic heterocycles. The van der Waals surface area contributed by atoms with E-state index in [9.17, 15) is 4.79 Å². The Hall–Kier alpha value is -0.620. The van der Waals surface area contributed by atoms with Crippen molar-refractivity contribution in [1.82, 2.24) is 0 Å². The second-order valence-corrected chi connectivity index (χ2v) is 4.33. The van der Waals surface area contributed by atoms with Crippen LogP contribution >= 0.6 is 0 Å². The topological polar surface area (TPSA) is 66.8 Å². The van der Waals surface area contributed by atoms with Crippen LogP contribution in [-0.2, 0) is 9.53 Å². The van der Waals surface area contributed by atoms with Crippen LogP contribution in [0, 0.1) is 0 Å². The summed E-state index contributed by atoms with van der Waals surface area (Å²) in [6, 6.07) is 0. The smallest absolute Gasteiger partial charge is 0.334 e. The number of hydrogen-bond acceptors (Lipinski definition) is 4. The second kappa shape index (κ2) is 11.9. The van der Waals surface area contributed by atoms with Crippen molar-refractivity contribution < 1.29 is 36.6 Å². The van der Waals surface area contributed by atoms with Gasteiger partial charge in [0.15, 0.2) is 0 Å². The summed E-state index contributed by atoms with van der Waals surface area (Å²) in [6.45, 7) is 5.96. The van der Waals surface area contributed by atoms with Crippen LogP contribution in [0.3, 0.4) is 0 Å². The van der Waals surface area contributed by atoms with Gasteiger partial charge in [-0.3, -0.25) is 0 Å². The van der Waals surface area contributed by atoms with Gasteiger partial charge < -0.3 is 31.8 Å². The van der Waals surface area contributed by atoms with E-state index in [0.29, 0.717) is 0 Å². The fourth-order valence-electron chi connectivity index (χ4n) is 0.562. The minimum absolute atomic E-state index is 0. The number of halogens is 1. The highest BCUT2D eigenvalue weighted by molar-refractivity contribution is 5.73. The lowest BCUT2D eigenvalue weighted by molar-refractivity contribution is -0.870. The SMILES string of the molecule is C=CCOC(=O)C(C)O.C[N+](C)(C)CCO.[Cl-]. The first-order chi connectivity index (χ1) is 7.24. The third-order valence-corrected chi connectivity index (χ3v) is 1.46. The van der Waals surface area contributed by atoms with E-state index in [0.717, 1.165) is 11.0 Å². The molecule has 0 aliphatic rings. The molecule has 0 saturated carbocycles. The van der Waals surface area contributed by atoms with Crippen LogP contribution in [-0.4, -0.2) is 67.7 Å². The Morgan fingerprint density at radius 2 is 1.94 bits per heavy atom. The lowest BCUT2D eigenvalue weighted by Crippen LogP contribution is -3.00.